The van der Waals surface area contributed by atoms with Crippen molar-refractivity contribution in [2.45, 2.75) is 44.7 Å². The molecular formula is C19H27F2N3O. The van der Waals surface area contributed by atoms with Gasteiger partial charge in [-0.3, -0.25) is 9.69 Å². The normalized spacial score (nSPS) is 18.9. The highest BCUT2D eigenvalue weighted by Gasteiger charge is 2.25. The van der Waals surface area contributed by atoms with Gasteiger partial charge in [0.2, 0.25) is 5.91 Å². The molecule has 138 valence electrons. The lowest BCUT2D eigenvalue weighted by atomic mass is 10.1. The summed E-state index contributed by atoms with van der Waals surface area (Å²) >= 11 is 0. The Hall–Kier alpha value is -1.53. The number of nitrogens with zero attached hydrogens (tertiary/aromatic N) is 2. The van der Waals surface area contributed by atoms with Crippen molar-refractivity contribution in [3.8, 4) is 0 Å². The van der Waals surface area contributed by atoms with Crippen LogP contribution in [0.2, 0.25) is 0 Å². The summed E-state index contributed by atoms with van der Waals surface area (Å²) in [4.78, 5) is 16.5. The van der Waals surface area contributed by atoms with Crippen LogP contribution in [0, 0.1) is 11.6 Å². The van der Waals surface area contributed by atoms with Gasteiger partial charge in [-0.2, -0.15) is 0 Å². The monoisotopic (exact) mass is 351 g/mol. The Bertz CT molecular complexity index is 584. The predicted molar refractivity (Wildman–Crippen MR) is 93.1 cm³/mol. The number of hydrogen-bond donors (Lipinski definition) is 1. The van der Waals surface area contributed by atoms with Gasteiger partial charge < -0.3 is 10.2 Å². The number of rotatable bonds is 6. The first-order valence-corrected chi connectivity index (χ1v) is 9.30. The Morgan fingerprint density at radius 1 is 1.20 bits per heavy atom. The van der Waals surface area contributed by atoms with Crippen molar-refractivity contribution in [1.82, 2.24) is 15.1 Å². The summed E-state index contributed by atoms with van der Waals surface area (Å²) in [7, 11) is 0. The highest BCUT2D eigenvalue weighted by molar-refractivity contribution is 5.76. The highest BCUT2D eigenvalue weighted by Crippen LogP contribution is 2.26. The van der Waals surface area contributed by atoms with E-state index < -0.39 is 11.6 Å². The maximum Gasteiger partial charge on any atom is 0.223 e. The molecule has 4 nitrogen and oxygen atoms in total. The Morgan fingerprint density at radius 3 is 2.60 bits per heavy atom. The van der Waals surface area contributed by atoms with Gasteiger partial charge in [0.1, 0.15) is 11.6 Å². The molecule has 1 heterocycles. The van der Waals surface area contributed by atoms with Crippen LogP contribution in [0.5, 0.6) is 0 Å². The second kappa shape index (κ2) is 8.72. The van der Waals surface area contributed by atoms with Crippen molar-refractivity contribution < 1.29 is 13.6 Å². The van der Waals surface area contributed by atoms with Crippen LogP contribution in [0.4, 0.5) is 8.78 Å². The first-order chi connectivity index (χ1) is 12.1. The lowest BCUT2D eigenvalue weighted by Crippen LogP contribution is -2.47. The Morgan fingerprint density at radius 2 is 1.92 bits per heavy atom. The van der Waals surface area contributed by atoms with Gasteiger partial charge in [-0.15, -0.1) is 0 Å². The van der Waals surface area contributed by atoms with E-state index in [1.54, 1.807) is 0 Å². The molecule has 0 radical (unpaired) electrons. The summed E-state index contributed by atoms with van der Waals surface area (Å²) in [5, 5.41) is 3.25. The van der Waals surface area contributed by atoms with E-state index in [1.807, 2.05) is 4.90 Å². The maximum absolute atomic E-state index is 14.0. The summed E-state index contributed by atoms with van der Waals surface area (Å²) in [5.74, 6) is -0.886. The van der Waals surface area contributed by atoms with Gasteiger partial charge in [-0.05, 0) is 18.9 Å². The molecule has 1 saturated heterocycles. The lowest BCUT2D eigenvalue weighted by molar-refractivity contribution is -0.132. The van der Waals surface area contributed by atoms with E-state index in [1.165, 1.54) is 25.0 Å². The highest BCUT2D eigenvalue weighted by atomic mass is 19.1. The molecule has 0 unspecified atom stereocenters. The van der Waals surface area contributed by atoms with Gasteiger partial charge in [-0.1, -0.05) is 18.9 Å². The number of hydrogen-bond acceptors (Lipinski definition) is 3. The Balaban J connectivity index is 1.61. The third-order valence-electron chi connectivity index (χ3n) is 5.31. The van der Waals surface area contributed by atoms with Crippen molar-refractivity contribution in [2.75, 3.05) is 32.7 Å². The van der Waals surface area contributed by atoms with Crippen LogP contribution in [-0.2, 0) is 11.3 Å². The van der Waals surface area contributed by atoms with Crippen LogP contribution in [0.15, 0.2) is 18.2 Å². The molecule has 3 rings (SSSR count). The standard InChI is InChI=1S/C19H27F2N3O/c20-16-6-5-15(18(21)13-16)14-24(17-3-1-2-4-17)10-7-19(25)23-11-8-22-9-12-23/h5-6,13,17,22H,1-4,7-12,14H2. The fourth-order valence-corrected chi connectivity index (χ4v) is 3.84. The zero-order chi connectivity index (χ0) is 17.6. The van der Waals surface area contributed by atoms with Gasteiger partial charge in [0.15, 0.2) is 0 Å². The minimum atomic E-state index is -0.553. The molecule has 0 spiro atoms. The average molecular weight is 351 g/mol. The zero-order valence-corrected chi connectivity index (χ0v) is 14.6. The summed E-state index contributed by atoms with van der Waals surface area (Å²) in [5.41, 5.74) is 0.503. The van der Waals surface area contributed by atoms with Crippen molar-refractivity contribution in [3.05, 3.63) is 35.4 Å². The molecule has 1 saturated carbocycles. The van der Waals surface area contributed by atoms with Crippen LogP contribution in [0.1, 0.15) is 37.7 Å². The fourth-order valence-electron chi connectivity index (χ4n) is 3.84. The van der Waals surface area contributed by atoms with E-state index in [0.29, 0.717) is 31.1 Å². The molecule has 1 amide bonds. The van der Waals surface area contributed by atoms with E-state index in [2.05, 4.69) is 10.2 Å². The molecule has 6 heteroatoms. The van der Waals surface area contributed by atoms with E-state index in [9.17, 15) is 13.6 Å². The smallest absolute Gasteiger partial charge is 0.223 e. The Kier molecular flexibility index (Phi) is 6.37. The van der Waals surface area contributed by atoms with Crippen molar-refractivity contribution >= 4 is 5.91 Å². The molecule has 0 atom stereocenters. The van der Waals surface area contributed by atoms with E-state index in [-0.39, 0.29) is 5.91 Å². The second-order valence-corrected chi connectivity index (χ2v) is 7.03. The van der Waals surface area contributed by atoms with Crippen molar-refractivity contribution in [1.29, 1.82) is 0 Å². The first kappa shape index (κ1) is 18.3. The van der Waals surface area contributed by atoms with Gasteiger partial charge in [0.25, 0.3) is 0 Å². The SMILES string of the molecule is O=C(CCN(Cc1ccc(F)cc1F)C1CCCC1)N1CCNCC1. The van der Waals surface area contributed by atoms with Crippen LogP contribution in [-0.4, -0.2) is 54.5 Å². The van der Waals surface area contributed by atoms with Crippen LogP contribution in [0.3, 0.4) is 0 Å². The maximum atomic E-state index is 14.0. The zero-order valence-electron chi connectivity index (χ0n) is 14.6. The largest absolute Gasteiger partial charge is 0.340 e. The molecule has 1 aromatic carbocycles. The van der Waals surface area contributed by atoms with Gasteiger partial charge in [0, 0.05) is 63.4 Å². The van der Waals surface area contributed by atoms with E-state index >= 15 is 0 Å². The molecule has 0 aromatic heterocycles. The lowest BCUT2D eigenvalue weighted by Gasteiger charge is -2.31. The van der Waals surface area contributed by atoms with E-state index in [0.717, 1.165) is 45.1 Å². The van der Waals surface area contributed by atoms with Gasteiger partial charge >= 0.3 is 0 Å². The van der Waals surface area contributed by atoms with Crippen molar-refractivity contribution in [2.24, 2.45) is 0 Å². The van der Waals surface area contributed by atoms with Gasteiger partial charge in [-0.25, -0.2) is 8.78 Å². The minimum Gasteiger partial charge on any atom is -0.340 e. The number of carbonyl (C=O) groups excluding carboxylic acids is 1. The Labute approximate surface area is 148 Å². The number of amides is 1. The number of carbonyl (C=O) groups is 1. The van der Waals surface area contributed by atoms with Crippen LogP contribution in [0.25, 0.3) is 0 Å². The molecule has 1 N–H and O–H groups in total. The quantitative estimate of drug-likeness (QED) is 0.856. The number of benzene rings is 1. The first-order valence-electron chi connectivity index (χ1n) is 9.30. The molecule has 25 heavy (non-hydrogen) atoms. The fraction of sp³-hybridized carbons (Fsp3) is 0.632. The number of piperazine rings is 1. The third-order valence-corrected chi connectivity index (χ3v) is 5.31. The summed E-state index contributed by atoms with van der Waals surface area (Å²) in [6.07, 6.45) is 4.99. The molecule has 1 aliphatic heterocycles. The van der Waals surface area contributed by atoms with Crippen LogP contribution < -0.4 is 5.32 Å². The van der Waals surface area contributed by atoms with Crippen molar-refractivity contribution in [3.63, 3.8) is 0 Å². The molecule has 0 bridgehead atoms. The molecule has 1 aliphatic carbocycles. The molecule has 2 fully saturated rings. The number of nitrogens with one attached hydrogen (secondary N) is 1. The predicted octanol–water partition coefficient (Wildman–Crippen LogP) is 2.53. The summed E-state index contributed by atoms with van der Waals surface area (Å²) in [6.45, 7) is 4.28. The van der Waals surface area contributed by atoms with Gasteiger partial charge in [0.05, 0.1) is 0 Å². The minimum absolute atomic E-state index is 0.170. The average Bonchev–Trinajstić information content (AvgIpc) is 3.15. The summed E-state index contributed by atoms with van der Waals surface area (Å²) < 4.78 is 27.2. The third kappa shape index (κ3) is 4.98. The summed E-state index contributed by atoms with van der Waals surface area (Å²) in [6, 6.07) is 4.15. The molecular weight excluding hydrogens is 324 g/mol. The second-order valence-electron chi connectivity index (χ2n) is 7.03. The topological polar surface area (TPSA) is 35.6 Å². The molecule has 1 aromatic rings. The number of halogens is 2. The van der Waals surface area contributed by atoms with E-state index in [4.69, 9.17) is 0 Å². The molecule has 2 aliphatic rings. The van der Waals surface area contributed by atoms with Crippen LogP contribution >= 0.6 is 0 Å².